The topological polar surface area (TPSA) is 52.6 Å². The van der Waals surface area contributed by atoms with E-state index in [4.69, 9.17) is 5.11 Å². The van der Waals surface area contributed by atoms with Crippen LogP contribution in [-0.2, 0) is 4.79 Å². The summed E-state index contributed by atoms with van der Waals surface area (Å²) in [5.41, 5.74) is 0.278. The maximum absolute atomic E-state index is 9.84. The van der Waals surface area contributed by atoms with Gasteiger partial charge in [0, 0.05) is 0 Å². The average Bonchev–Trinajstić information content (AvgIpc) is 1.87. The van der Waals surface area contributed by atoms with E-state index >= 15 is 0 Å². The van der Waals surface area contributed by atoms with Crippen LogP contribution in [0.15, 0.2) is 12.3 Å². The second kappa shape index (κ2) is 4.03. The van der Waals surface area contributed by atoms with E-state index in [1.807, 2.05) is 0 Å². The summed E-state index contributed by atoms with van der Waals surface area (Å²) in [7, 11) is 3.37. The van der Waals surface area contributed by atoms with Gasteiger partial charge >= 0.3 is 0 Å². The largest absolute Gasteiger partial charge is 0.373 e. The van der Waals surface area contributed by atoms with Crippen LogP contribution in [0.3, 0.4) is 0 Å². The summed E-state index contributed by atoms with van der Waals surface area (Å²) in [4.78, 5) is 11.4. The Balaban J connectivity index is 3.81. The van der Waals surface area contributed by atoms with Crippen molar-refractivity contribution in [3.8, 4) is 0 Å². The van der Waals surface area contributed by atoms with Crippen LogP contribution >= 0.6 is 0 Å². The second-order valence-electron chi connectivity index (χ2n) is 2.12. The highest BCUT2D eigenvalue weighted by molar-refractivity contribution is 5.49. The van der Waals surface area contributed by atoms with Gasteiger partial charge in [-0.1, -0.05) is 6.58 Å². The second-order valence-corrected chi connectivity index (χ2v) is 2.12. The summed E-state index contributed by atoms with van der Waals surface area (Å²) in [6.45, 7) is 3.43. The lowest BCUT2D eigenvalue weighted by atomic mass is 10.4. The molecule has 0 aromatic heterocycles. The first kappa shape index (κ1) is 9.13. The van der Waals surface area contributed by atoms with Crippen molar-refractivity contribution in [2.24, 2.45) is 0 Å². The molecule has 0 aliphatic heterocycles. The molecule has 0 aliphatic carbocycles. The number of nitrogens with one attached hydrogen (secondary N) is 1. The molecule has 0 heterocycles. The lowest BCUT2D eigenvalue weighted by Crippen LogP contribution is -2.34. The van der Waals surface area contributed by atoms with E-state index in [1.54, 1.807) is 14.1 Å². The Hall–Kier alpha value is -0.870. The number of rotatable bonds is 4. The van der Waals surface area contributed by atoms with Crippen LogP contribution in [0.25, 0.3) is 0 Å². The number of hydrogen-bond acceptors (Lipinski definition) is 3. The molecule has 4 heteroatoms. The number of carbonyl (C=O) groups excluding carboxylic acids is 1. The Bertz CT molecular complexity index is 134. The molecule has 58 valence electrons. The highest BCUT2D eigenvalue weighted by Gasteiger charge is 2.08. The van der Waals surface area contributed by atoms with Gasteiger partial charge in [0.15, 0.2) is 0 Å². The summed E-state index contributed by atoms with van der Waals surface area (Å²) < 4.78 is 0. The van der Waals surface area contributed by atoms with Crippen molar-refractivity contribution in [1.29, 1.82) is 0 Å². The maximum Gasteiger partial charge on any atom is 0.211 e. The Morgan fingerprint density at radius 3 is 2.60 bits per heavy atom. The zero-order chi connectivity index (χ0) is 8.15. The Morgan fingerprint density at radius 2 is 2.30 bits per heavy atom. The van der Waals surface area contributed by atoms with Gasteiger partial charge in [-0.2, -0.15) is 0 Å². The van der Waals surface area contributed by atoms with Crippen LogP contribution in [0.2, 0.25) is 0 Å². The molecule has 2 N–H and O–H groups in total. The summed E-state index contributed by atoms with van der Waals surface area (Å²) in [6.07, 6.45) is -0.333. The molecule has 10 heavy (non-hydrogen) atoms. The van der Waals surface area contributed by atoms with Crippen molar-refractivity contribution < 1.29 is 9.90 Å². The minimum Gasteiger partial charge on any atom is -0.373 e. The van der Waals surface area contributed by atoms with Gasteiger partial charge < -0.3 is 10.4 Å². The molecule has 1 atom stereocenters. The van der Waals surface area contributed by atoms with Crippen molar-refractivity contribution in [3.63, 3.8) is 0 Å². The summed E-state index contributed by atoms with van der Waals surface area (Å²) in [6, 6.07) is 0. The van der Waals surface area contributed by atoms with Crippen LogP contribution in [0.5, 0.6) is 0 Å². The van der Waals surface area contributed by atoms with E-state index in [9.17, 15) is 4.79 Å². The molecular formula is C6H12N2O2. The van der Waals surface area contributed by atoms with E-state index in [0.29, 0.717) is 6.41 Å². The molecule has 0 saturated heterocycles. The number of amides is 1. The third-order valence-electron chi connectivity index (χ3n) is 1.05. The smallest absolute Gasteiger partial charge is 0.211 e. The van der Waals surface area contributed by atoms with Crippen molar-refractivity contribution in [3.05, 3.63) is 12.3 Å². The highest BCUT2D eigenvalue weighted by Crippen LogP contribution is 1.95. The Kier molecular flexibility index (Phi) is 3.68. The average molecular weight is 144 g/mol. The Labute approximate surface area is 60.1 Å². The molecular weight excluding hydrogens is 132 g/mol. The van der Waals surface area contributed by atoms with E-state index in [2.05, 4.69) is 11.9 Å². The number of nitrogens with zero attached hydrogens (tertiary/aromatic N) is 1. The first-order chi connectivity index (χ1) is 4.59. The van der Waals surface area contributed by atoms with Crippen molar-refractivity contribution in [2.45, 2.75) is 6.23 Å². The van der Waals surface area contributed by atoms with Crippen LogP contribution < -0.4 is 5.32 Å². The number of aliphatic hydroxyl groups excluding tert-OH is 1. The third kappa shape index (κ3) is 2.61. The van der Waals surface area contributed by atoms with Gasteiger partial charge in [-0.3, -0.25) is 9.69 Å². The van der Waals surface area contributed by atoms with Crippen LogP contribution in [-0.4, -0.2) is 36.7 Å². The van der Waals surface area contributed by atoms with Crippen LogP contribution in [0, 0.1) is 0 Å². The molecule has 4 nitrogen and oxygen atoms in total. The normalized spacial score (nSPS) is 12.8. The van der Waals surface area contributed by atoms with Crippen LogP contribution in [0.4, 0.5) is 0 Å². The van der Waals surface area contributed by atoms with Gasteiger partial charge in [0.05, 0.1) is 5.70 Å². The summed E-state index contributed by atoms with van der Waals surface area (Å²) >= 11 is 0. The maximum atomic E-state index is 9.84. The SMILES string of the molecule is C=C(NC=O)C(O)N(C)C. The fourth-order valence-electron chi connectivity index (χ4n) is 0.462. The highest BCUT2D eigenvalue weighted by atomic mass is 16.3. The van der Waals surface area contributed by atoms with Gasteiger partial charge in [-0.05, 0) is 14.1 Å². The molecule has 1 unspecified atom stereocenters. The van der Waals surface area contributed by atoms with Gasteiger partial charge in [0.1, 0.15) is 6.23 Å². The molecule has 0 radical (unpaired) electrons. The third-order valence-corrected chi connectivity index (χ3v) is 1.05. The molecule has 1 amide bonds. The van der Waals surface area contributed by atoms with E-state index in [0.717, 1.165) is 0 Å². The molecule has 0 spiro atoms. The fraction of sp³-hybridized carbons (Fsp3) is 0.500. The number of aliphatic hydroxyl groups is 1. The molecule has 0 aromatic carbocycles. The lowest BCUT2D eigenvalue weighted by Gasteiger charge is -2.19. The predicted molar refractivity (Wildman–Crippen MR) is 38.0 cm³/mol. The standard InChI is InChI=1S/C6H12N2O2/c1-5(7-4-9)6(10)8(2)3/h4,6,10H,1H2,2-3H3,(H,7,9). The number of carbonyl (C=O) groups is 1. The van der Waals surface area contributed by atoms with Crippen molar-refractivity contribution >= 4 is 6.41 Å². The number of hydrogen-bond donors (Lipinski definition) is 2. The summed E-state index contributed by atoms with van der Waals surface area (Å²) in [5, 5.41) is 11.4. The molecule has 0 aliphatic rings. The number of likely N-dealkylation sites (N-methyl/N-ethyl adjacent to an activating group) is 1. The Morgan fingerprint density at radius 1 is 1.80 bits per heavy atom. The van der Waals surface area contributed by atoms with Crippen LogP contribution in [0.1, 0.15) is 0 Å². The first-order valence-corrected chi connectivity index (χ1v) is 2.83. The van der Waals surface area contributed by atoms with Crippen molar-refractivity contribution in [2.75, 3.05) is 14.1 Å². The van der Waals surface area contributed by atoms with Gasteiger partial charge in [-0.15, -0.1) is 0 Å². The van der Waals surface area contributed by atoms with Crippen molar-refractivity contribution in [1.82, 2.24) is 10.2 Å². The fourth-order valence-corrected chi connectivity index (χ4v) is 0.462. The minimum absolute atomic E-state index is 0.278. The molecule has 0 fully saturated rings. The van der Waals surface area contributed by atoms with Gasteiger partial charge in [0.25, 0.3) is 0 Å². The molecule has 0 rings (SSSR count). The predicted octanol–water partition coefficient (Wildman–Crippen LogP) is -0.874. The lowest BCUT2D eigenvalue weighted by molar-refractivity contribution is -0.109. The molecule has 0 saturated carbocycles. The monoisotopic (exact) mass is 144 g/mol. The van der Waals surface area contributed by atoms with E-state index in [-0.39, 0.29) is 5.70 Å². The first-order valence-electron chi connectivity index (χ1n) is 2.83. The molecule has 0 bridgehead atoms. The van der Waals surface area contributed by atoms with E-state index in [1.165, 1.54) is 4.90 Å². The minimum atomic E-state index is -0.815. The molecule has 0 aromatic rings. The quantitative estimate of drug-likeness (QED) is 0.398. The zero-order valence-electron chi connectivity index (χ0n) is 6.16. The summed E-state index contributed by atoms with van der Waals surface area (Å²) in [5.74, 6) is 0. The van der Waals surface area contributed by atoms with Gasteiger partial charge in [-0.25, -0.2) is 0 Å². The zero-order valence-corrected chi connectivity index (χ0v) is 6.16. The van der Waals surface area contributed by atoms with Gasteiger partial charge in [0.2, 0.25) is 6.41 Å². The van der Waals surface area contributed by atoms with E-state index < -0.39 is 6.23 Å².